The Morgan fingerprint density at radius 2 is 2.16 bits per heavy atom. The van der Waals surface area contributed by atoms with E-state index in [9.17, 15) is 9.18 Å². The van der Waals surface area contributed by atoms with Gasteiger partial charge in [-0.3, -0.25) is 4.90 Å². The summed E-state index contributed by atoms with van der Waals surface area (Å²) in [5.74, 6) is 0. The summed E-state index contributed by atoms with van der Waals surface area (Å²) in [5.41, 5.74) is -0.229. The summed E-state index contributed by atoms with van der Waals surface area (Å²) in [6, 6.07) is 9.61. The quantitative estimate of drug-likeness (QED) is 0.888. The molecule has 1 aromatic rings. The van der Waals surface area contributed by atoms with Crippen molar-refractivity contribution in [1.82, 2.24) is 9.80 Å². The Labute approximate surface area is 111 Å². The summed E-state index contributed by atoms with van der Waals surface area (Å²) >= 11 is 0. The summed E-state index contributed by atoms with van der Waals surface area (Å²) in [7, 11) is 0. The minimum absolute atomic E-state index is 0.0122. The van der Waals surface area contributed by atoms with Crippen LogP contribution in [0.4, 0.5) is 9.18 Å². The van der Waals surface area contributed by atoms with Crippen molar-refractivity contribution in [2.24, 2.45) is 0 Å². The van der Waals surface area contributed by atoms with Crippen LogP contribution in [0.1, 0.15) is 12.0 Å². The second-order valence-electron chi connectivity index (χ2n) is 5.42. The number of halogens is 1. The number of hydrogen-bond donors (Lipinski definition) is 1. The highest BCUT2D eigenvalue weighted by Gasteiger charge is 2.55. The fourth-order valence-electron chi connectivity index (χ4n) is 3.19. The summed E-state index contributed by atoms with van der Waals surface area (Å²) in [4.78, 5) is 14.2. The molecule has 0 radical (unpaired) electrons. The first-order valence-corrected chi connectivity index (χ1v) is 6.53. The van der Waals surface area contributed by atoms with Crippen LogP contribution in [0, 0.1) is 0 Å². The van der Waals surface area contributed by atoms with E-state index in [1.807, 2.05) is 30.3 Å². The van der Waals surface area contributed by atoms with Crippen molar-refractivity contribution in [3.8, 4) is 0 Å². The van der Waals surface area contributed by atoms with E-state index in [0.29, 0.717) is 19.5 Å². The van der Waals surface area contributed by atoms with Gasteiger partial charge in [-0.25, -0.2) is 9.18 Å². The lowest BCUT2D eigenvalue weighted by Gasteiger charge is -2.25. The predicted octanol–water partition coefficient (Wildman–Crippen LogP) is 1.96. The maximum absolute atomic E-state index is 14.7. The van der Waals surface area contributed by atoms with Gasteiger partial charge in [0.25, 0.3) is 0 Å². The lowest BCUT2D eigenvalue weighted by atomic mass is 10.0. The molecule has 0 saturated carbocycles. The zero-order valence-corrected chi connectivity index (χ0v) is 10.6. The number of rotatable bonds is 2. The maximum Gasteiger partial charge on any atom is 0.407 e. The van der Waals surface area contributed by atoms with Crippen molar-refractivity contribution in [1.29, 1.82) is 0 Å². The number of fused-ring (bicyclic) bond motifs is 1. The number of hydrogen-bond acceptors (Lipinski definition) is 2. The Morgan fingerprint density at radius 3 is 2.84 bits per heavy atom. The summed E-state index contributed by atoms with van der Waals surface area (Å²) in [5, 5.41) is 9.00. The molecule has 0 spiro atoms. The van der Waals surface area contributed by atoms with E-state index in [1.54, 1.807) is 0 Å². The van der Waals surface area contributed by atoms with Crippen LogP contribution in [-0.4, -0.2) is 52.3 Å². The topological polar surface area (TPSA) is 43.8 Å². The summed E-state index contributed by atoms with van der Waals surface area (Å²) in [6.07, 6.45) is -0.597. The molecular formula is C14H17FN2O2. The van der Waals surface area contributed by atoms with Crippen LogP contribution in [0.3, 0.4) is 0 Å². The Balaban J connectivity index is 1.74. The van der Waals surface area contributed by atoms with Crippen LogP contribution >= 0.6 is 0 Å². The molecular weight excluding hydrogens is 247 g/mol. The second-order valence-corrected chi connectivity index (χ2v) is 5.42. The molecule has 102 valence electrons. The Bertz CT molecular complexity index is 482. The Morgan fingerprint density at radius 1 is 1.42 bits per heavy atom. The molecule has 1 aromatic carbocycles. The largest absolute Gasteiger partial charge is 0.465 e. The Hall–Kier alpha value is -1.62. The lowest BCUT2D eigenvalue weighted by molar-refractivity contribution is 0.129. The van der Waals surface area contributed by atoms with E-state index in [1.165, 1.54) is 4.90 Å². The van der Waals surface area contributed by atoms with Gasteiger partial charge in [-0.1, -0.05) is 30.3 Å². The molecule has 2 saturated heterocycles. The maximum atomic E-state index is 14.7. The molecule has 2 atom stereocenters. The molecule has 0 aromatic heterocycles. The van der Waals surface area contributed by atoms with E-state index in [2.05, 4.69) is 4.90 Å². The van der Waals surface area contributed by atoms with Crippen LogP contribution in [0.25, 0.3) is 0 Å². The van der Waals surface area contributed by atoms with Gasteiger partial charge >= 0.3 is 6.09 Å². The van der Waals surface area contributed by atoms with E-state index in [4.69, 9.17) is 5.11 Å². The number of alkyl halides is 1. The molecule has 0 aliphatic carbocycles. The molecule has 0 bridgehead atoms. The zero-order valence-electron chi connectivity index (χ0n) is 10.6. The average molecular weight is 264 g/mol. The monoisotopic (exact) mass is 264 g/mol. The lowest BCUT2D eigenvalue weighted by Crippen LogP contribution is -2.40. The van der Waals surface area contributed by atoms with Gasteiger partial charge in [0, 0.05) is 19.6 Å². The number of nitrogens with zero attached hydrogens (tertiary/aromatic N) is 2. The third-order valence-electron chi connectivity index (χ3n) is 4.20. The van der Waals surface area contributed by atoms with E-state index in [0.717, 1.165) is 5.56 Å². The highest BCUT2D eigenvalue weighted by atomic mass is 19.1. The predicted molar refractivity (Wildman–Crippen MR) is 68.7 cm³/mol. The first-order valence-electron chi connectivity index (χ1n) is 6.53. The average Bonchev–Trinajstić information content (AvgIpc) is 2.87. The number of benzene rings is 1. The van der Waals surface area contributed by atoms with Gasteiger partial charge in [-0.2, -0.15) is 0 Å². The van der Waals surface area contributed by atoms with Crippen molar-refractivity contribution in [2.45, 2.75) is 24.7 Å². The third-order valence-corrected chi connectivity index (χ3v) is 4.20. The van der Waals surface area contributed by atoms with Crippen LogP contribution in [0.5, 0.6) is 0 Å². The van der Waals surface area contributed by atoms with Crippen molar-refractivity contribution in [3.05, 3.63) is 35.9 Å². The molecule has 5 heteroatoms. The molecule has 1 amide bonds. The normalized spacial score (nSPS) is 30.6. The second kappa shape index (κ2) is 4.49. The number of carbonyl (C=O) groups is 1. The smallest absolute Gasteiger partial charge is 0.407 e. The van der Waals surface area contributed by atoms with E-state index < -0.39 is 11.8 Å². The summed E-state index contributed by atoms with van der Waals surface area (Å²) in [6.45, 7) is 1.67. The fourth-order valence-corrected chi connectivity index (χ4v) is 3.19. The molecule has 2 unspecified atom stereocenters. The van der Waals surface area contributed by atoms with Gasteiger partial charge in [0.2, 0.25) is 0 Å². The minimum atomic E-state index is -1.37. The van der Waals surface area contributed by atoms with Gasteiger partial charge in [0.05, 0.1) is 12.6 Å². The standard InChI is InChI=1S/C14H17FN2O2/c15-14-6-7-16(8-11-4-2-1-3-5-11)12(14)9-17(10-14)13(18)19/h1-5,12H,6-10H2,(H,18,19). The minimum Gasteiger partial charge on any atom is -0.465 e. The molecule has 1 N–H and O–H groups in total. The SMILES string of the molecule is O=C(O)N1CC2N(Cc3ccccc3)CCC2(F)C1. The van der Waals surface area contributed by atoms with Crippen molar-refractivity contribution >= 4 is 6.09 Å². The highest BCUT2D eigenvalue weighted by Crippen LogP contribution is 2.39. The van der Waals surface area contributed by atoms with E-state index in [-0.39, 0.29) is 19.1 Å². The van der Waals surface area contributed by atoms with Crippen LogP contribution in [0.15, 0.2) is 30.3 Å². The zero-order chi connectivity index (χ0) is 13.5. The van der Waals surface area contributed by atoms with Gasteiger partial charge in [0.15, 0.2) is 0 Å². The molecule has 19 heavy (non-hydrogen) atoms. The molecule has 2 fully saturated rings. The molecule has 4 nitrogen and oxygen atoms in total. The van der Waals surface area contributed by atoms with Crippen LogP contribution in [0.2, 0.25) is 0 Å². The number of amides is 1. The van der Waals surface area contributed by atoms with Gasteiger partial charge < -0.3 is 10.0 Å². The number of likely N-dealkylation sites (tertiary alicyclic amines) is 2. The van der Waals surface area contributed by atoms with Crippen LogP contribution < -0.4 is 0 Å². The first-order chi connectivity index (χ1) is 9.08. The van der Waals surface area contributed by atoms with E-state index >= 15 is 0 Å². The molecule has 3 rings (SSSR count). The number of carboxylic acid groups (broad SMARTS) is 1. The third kappa shape index (κ3) is 2.18. The van der Waals surface area contributed by atoms with Gasteiger partial charge in [-0.15, -0.1) is 0 Å². The Kier molecular flexibility index (Phi) is 2.93. The molecule has 2 aliphatic heterocycles. The van der Waals surface area contributed by atoms with Crippen LogP contribution in [-0.2, 0) is 6.54 Å². The van der Waals surface area contributed by atoms with Crippen molar-refractivity contribution in [2.75, 3.05) is 19.6 Å². The van der Waals surface area contributed by atoms with Gasteiger partial charge in [-0.05, 0) is 12.0 Å². The summed E-state index contributed by atoms with van der Waals surface area (Å²) < 4.78 is 14.7. The fraction of sp³-hybridized carbons (Fsp3) is 0.500. The first kappa shape index (κ1) is 12.4. The molecule has 2 aliphatic rings. The molecule has 2 heterocycles. The highest BCUT2D eigenvalue weighted by molar-refractivity contribution is 5.66. The van der Waals surface area contributed by atoms with Gasteiger partial charge in [0.1, 0.15) is 5.67 Å². The van der Waals surface area contributed by atoms with Crippen molar-refractivity contribution in [3.63, 3.8) is 0 Å². The van der Waals surface area contributed by atoms with Crippen molar-refractivity contribution < 1.29 is 14.3 Å².